The minimum absolute atomic E-state index is 0.589. The van der Waals surface area contributed by atoms with Crippen LogP contribution in [0, 0.1) is 5.92 Å². The fourth-order valence-electron chi connectivity index (χ4n) is 3.71. The van der Waals surface area contributed by atoms with Gasteiger partial charge in [0.1, 0.15) is 5.76 Å². The Bertz CT molecular complexity index is 754. The summed E-state index contributed by atoms with van der Waals surface area (Å²) in [5.74, 6) is 2.53. The van der Waals surface area contributed by atoms with Crippen molar-refractivity contribution in [1.29, 1.82) is 0 Å². The monoisotopic (exact) mass is 398 g/mol. The zero-order valence-corrected chi connectivity index (χ0v) is 17.9. The van der Waals surface area contributed by atoms with Gasteiger partial charge >= 0.3 is 0 Å². The Kier molecular flexibility index (Phi) is 8.14. The summed E-state index contributed by atoms with van der Waals surface area (Å²) < 4.78 is 11.0. The van der Waals surface area contributed by atoms with Crippen LogP contribution in [0.25, 0.3) is 0 Å². The average molecular weight is 399 g/mol. The van der Waals surface area contributed by atoms with Crippen LogP contribution in [-0.2, 0) is 24.4 Å². The van der Waals surface area contributed by atoms with Gasteiger partial charge in [-0.1, -0.05) is 24.3 Å². The van der Waals surface area contributed by atoms with E-state index in [0.717, 1.165) is 57.5 Å². The molecule has 2 heterocycles. The molecule has 1 atom stereocenters. The van der Waals surface area contributed by atoms with E-state index in [9.17, 15) is 0 Å². The molecule has 158 valence electrons. The topological polar surface area (TPSA) is 53.2 Å². The number of furan rings is 1. The number of nitrogens with zero attached hydrogens (tertiary/aromatic N) is 3. The predicted octanol–water partition coefficient (Wildman–Crippen LogP) is 3.35. The van der Waals surface area contributed by atoms with Crippen molar-refractivity contribution in [3.8, 4) is 0 Å². The summed E-state index contributed by atoms with van der Waals surface area (Å²) in [5.41, 5.74) is 2.56. The molecule has 6 heteroatoms. The molecule has 6 nitrogen and oxygen atoms in total. The minimum Gasteiger partial charge on any atom is -0.468 e. The van der Waals surface area contributed by atoms with Gasteiger partial charge in [-0.05, 0) is 43.7 Å². The van der Waals surface area contributed by atoms with E-state index in [-0.39, 0.29) is 0 Å². The molecule has 1 N–H and O–H groups in total. The molecule has 0 spiro atoms. The molecule has 1 saturated heterocycles. The number of nitrogens with one attached hydrogen (secondary N) is 1. The molecular formula is C23H34N4O2. The minimum atomic E-state index is 0.589. The van der Waals surface area contributed by atoms with Gasteiger partial charge in [0.15, 0.2) is 5.96 Å². The molecule has 1 aliphatic heterocycles. The number of hydrogen-bond acceptors (Lipinski definition) is 4. The summed E-state index contributed by atoms with van der Waals surface area (Å²) in [6.07, 6.45) is 2.86. The van der Waals surface area contributed by atoms with E-state index in [1.807, 2.05) is 12.1 Å². The molecule has 0 saturated carbocycles. The fourth-order valence-corrected chi connectivity index (χ4v) is 3.71. The summed E-state index contributed by atoms with van der Waals surface area (Å²) in [6, 6.07) is 12.5. The Labute approximate surface area is 174 Å². The number of aliphatic imine (C=N–C) groups is 1. The standard InChI is InChI=1S/C23H34N4O2/c1-4-24-23(27(3)15-19-11-13-28-18-19)25-14-20-8-5-6-9-21(20)16-26(2)17-22-10-7-12-29-22/h5-10,12,19H,4,11,13-18H2,1-3H3,(H,24,25). The van der Waals surface area contributed by atoms with Crippen molar-refractivity contribution in [3.63, 3.8) is 0 Å². The summed E-state index contributed by atoms with van der Waals surface area (Å²) in [7, 11) is 4.23. The van der Waals surface area contributed by atoms with Crippen LogP contribution in [0.1, 0.15) is 30.2 Å². The third kappa shape index (κ3) is 6.61. The summed E-state index contributed by atoms with van der Waals surface area (Å²) in [5, 5.41) is 3.43. The van der Waals surface area contributed by atoms with Crippen molar-refractivity contribution in [1.82, 2.24) is 15.1 Å². The van der Waals surface area contributed by atoms with Gasteiger partial charge in [-0.25, -0.2) is 4.99 Å². The quantitative estimate of drug-likeness (QED) is 0.519. The van der Waals surface area contributed by atoms with E-state index in [2.05, 4.69) is 60.4 Å². The molecule has 29 heavy (non-hydrogen) atoms. The number of benzene rings is 1. The van der Waals surface area contributed by atoms with Crippen molar-refractivity contribution >= 4 is 5.96 Å². The largest absolute Gasteiger partial charge is 0.468 e. The van der Waals surface area contributed by atoms with Gasteiger partial charge in [-0.15, -0.1) is 0 Å². The van der Waals surface area contributed by atoms with Crippen molar-refractivity contribution < 1.29 is 9.15 Å². The third-order valence-electron chi connectivity index (χ3n) is 5.22. The summed E-state index contributed by atoms with van der Waals surface area (Å²) in [6.45, 7) is 7.99. The van der Waals surface area contributed by atoms with Crippen LogP contribution >= 0.6 is 0 Å². The zero-order valence-electron chi connectivity index (χ0n) is 17.9. The highest BCUT2D eigenvalue weighted by atomic mass is 16.5. The first kappa shape index (κ1) is 21.4. The smallest absolute Gasteiger partial charge is 0.193 e. The maximum atomic E-state index is 5.52. The first-order chi connectivity index (χ1) is 14.2. The van der Waals surface area contributed by atoms with Gasteiger partial charge in [0.25, 0.3) is 0 Å². The average Bonchev–Trinajstić information content (AvgIpc) is 3.40. The Balaban J connectivity index is 1.63. The first-order valence-corrected chi connectivity index (χ1v) is 10.5. The molecule has 3 rings (SSSR count). The van der Waals surface area contributed by atoms with Crippen LogP contribution in [0.3, 0.4) is 0 Å². The number of rotatable bonds is 9. The van der Waals surface area contributed by atoms with Gasteiger partial charge in [0, 0.05) is 39.2 Å². The van der Waals surface area contributed by atoms with Crippen molar-refractivity contribution in [2.45, 2.75) is 33.0 Å². The van der Waals surface area contributed by atoms with Crippen molar-refractivity contribution in [2.24, 2.45) is 10.9 Å². The van der Waals surface area contributed by atoms with E-state index in [1.165, 1.54) is 11.1 Å². The lowest BCUT2D eigenvalue weighted by molar-refractivity contribution is 0.181. The molecule has 2 aromatic rings. The normalized spacial score (nSPS) is 17.1. The molecule has 1 aromatic heterocycles. The molecule has 0 amide bonds. The molecule has 0 aliphatic carbocycles. The Hall–Kier alpha value is -2.31. The number of ether oxygens (including phenoxy) is 1. The Morgan fingerprint density at radius 1 is 1.14 bits per heavy atom. The van der Waals surface area contributed by atoms with Crippen molar-refractivity contribution in [3.05, 3.63) is 59.5 Å². The maximum absolute atomic E-state index is 5.52. The van der Waals surface area contributed by atoms with E-state index < -0.39 is 0 Å². The lowest BCUT2D eigenvalue weighted by Crippen LogP contribution is -2.41. The van der Waals surface area contributed by atoms with Crippen LogP contribution in [-0.4, -0.2) is 56.2 Å². The second-order valence-corrected chi connectivity index (χ2v) is 7.80. The van der Waals surface area contributed by atoms with Crippen molar-refractivity contribution in [2.75, 3.05) is 40.4 Å². The van der Waals surface area contributed by atoms with Crippen LogP contribution in [0.15, 0.2) is 52.1 Å². The molecule has 1 fully saturated rings. The molecule has 1 aromatic carbocycles. The maximum Gasteiger partial charge on any atom is 0.193 e. The third-order valence-corrected chi connectivity index (χ3v) is 5.22. The van der Waals surface area contributed by atoms with E-state index in [1.54, 1.807) is 6.26 Å². The fraction of sp³-hybridized carbons (Fsp3) is 0.522. The molecule has 0 bridgehead atoms. The number of guanidine groups is 1. The van der Waals surface area contributed by atoms with Gasteiger partial charge in [0.05, 0.1) is 26.0 Å². The lowest BCUT2D eigenvalue weighted by Gasteiger charge is -2.24. The van der Waals surface area contributed by atoms with Crippen LogP contribution in [0.5, 0.6) is 0 Å². The van der Waals surface area contributed by atoms with Gasteiger partial charge < -0.3 is 19.4 Å². The van der Waals surface area contributed by atoms with Gasteiger partial charge in [-0.2, -0.15) is 0 Å². The van der Waals surface area contributed by atoms with Gasteiger partial charge in [-0.3, -0.25) is 4.90 Å². The molecular weight excluding hydrogens is 364 g/mol. The second kappa shape index (κ2) is 11.0. The molecule has 1 unspecified atom stereocenters. The Morgan fingerprint density at radius 3 is 2.66 bits per heavy atom. The lowest BCUT2D eigenvalue weighted by atomic mass is 10.1. The highest BCUT2D eigenvalue weighted by Crippen LogP contribution is 2.16. The van der Waals surface area contributed by atoms with E-state index in [4.69, 9.17) is 14.1 Å². The SMILES string of the molecule is CCNC(=NCc1ccccc1CN(C)Cc1ccco1)N(C)CC1CCOC1. The highest BCUT2D eigenvalue weighted by molar-refractivity contribution is 5.79. The first-order valence-electron chi connectivity index (χ1n) is 10.5. The van der Waals surface area contributed by atoms with Gasteiger partial charge in [0.2, 0.25) is 0 Å². The Morgan fingerprint density at radius 2 is 1.97 bits per heavy atom. The van der Waals surface area contributed by atoms with E-state index in [0.29, 0.717) is 12.5 Å². The van der Waals surface area contributed by atoms with E-state index >= 15 is 0 Å². The summed E-state index contributed by atoms with van der Waals surface area (Å²) >= 11 is 0. The molecule has 1 aliphatic rings. The number of hydrogen-bond donors (Lipinski definition) is 1. The summed E-state index contributed by atoms with van der Waals surface area (Å²) in [4.78, 5) is 9.42. The predicted molar refractivity (Wildman–Crippen MR) is 117 cm³/mol. The zero-order chi connectivity index (χ0) is 20.5. The molecule has 0 radical (unpaired) electrons. The second-order valence-electron chi connectivity index (χ2n) is 7.80. The van der Waals surface area contributed by atoms with Crippen LogP contribution in [0.2, 0.25) is 0 Å². The van der Waals surface area contributed by atoms with Crippen LogP contribution in [0.4, 0.5) is 0 Å². The van der Waals surface area contributed by atoms with Crippen LogP contribution < -0.4 is 5.32 Å². The highest BCUT2D eigenvalue weighted by Gasteiger charge is 2.19.